The molecule has 5 N–H and O–H groups in total. The number of aromatic amines is 1. The van der Waals surface area contributed by atoms with Gasteiger partial charge in [-0.2, -0.15) is 5.10 Å². The molecule has 0 saturated heterocycles. The molecule has 0 spiro atoms. The molecule has 0 fully saturated rings. The highest BCUT2D eigenvalue weighted by atomic mass is 15.1. The van der Waals surface area contributed by atoms with Crippen molar-refractivity contribution in [3.8, 4) is 11.3 Å². The molecule has 0 aliphatic carbocycles. The van der Waals surface area contributed by atoms with E-state index in [9.17, 15) is 0 Å². The summed E-state index contributed by atoms with van der Waals surface area (Å²) >= 11 is 0. The molecule has 0 amide bonds. The topological polar surface area (TPSA) is 93.6 Å². The third-order valence-electron chi connectivity index (χ3n) is 1.81. The van der Waals surface area contributed by atoms with Crippen LogP contribution in [0.5, 0.6) is 0 Å². The monoisotopic (exact) mass is 175 g/mol. The molecule has 2 aromatic rings. The van der Waals surface area contributed by atoms with Gasteiger partial charge < -0.3 is 16.5 Å². The van der Waals surface area contributed by atoms with Crippen LogP contribution in [0.3, 0.4) is 0 Å². The van der Waals surface area contributed by atoms with Crippen LogP contribution in [0, 0.1) is 0 Å². The molecule has 0 radical (unpaired) electrons. The standard InChI is InChI=1S/C8H9N5/c9-7-5(4-12-13-8(7)10)6-2-1-3-11-6/h1-4,11H,(H2,9,12)(H2,10,13). The Morgan fingerprint density at radius 2 is 2.15 bits per heavy atom. The normalized spacial score (nSPS) is 10.2. The zero-order valence-corrected chi connectivity index (χ0v) is 6.86. The Bertz CT molecular complexity index is 406. The van der Waals surface area contributed by atoms with Crippen molar-refractivity contribution in [2.24, 2.45) is 0 Å². The van der Waals surface area contributed by atoms with Gasteiger partial charge in [-0.1, -0.05) is 0 Å². The fourth-order valence-electron chi connectivity index (χ4n) is 1.12. The number of nitrogens with zero attached hydrogens (tertiary/aromatic N) is 2. The summed E-state index contributed by atoms with van der Waals surface area (Å²) in [4.78, 5) is 3.02. The van der Waals surface area contributed by atoms with Gasteiger partial charge in [0.15, 0.2) is 5.82 Å². The Morgan fingerprint density at radius 3 is 2.85 bits per heavy atom. The number of nitrogens with one attached hydrogen (secondary N) is 1. The first-order valence-electron chi connectivity index (χ1n) is 3.79. The predicted molar refractivity (Wildman–Crippen MR) is 50.6 cm³/mol. The Balaban J connectivity index is 2.59. The van der Waals surface area contributed by atoms with Gasteiger partial charge in [0, 0.05) is 17.5 Å². The van der Waals surface area contributed by atoms with Crippen LogP contribution in [0.2, 0.25) is 0 Å². The Hall–Kier alpha value is -2.04. The molecule has 66 valence electrons. The fourth-order valence-corrected chi connectivity index (χ4v) is 1.12. The van der Waals surface area contributed by atoms with Gasteiger partial charge in [0.05, 0.1) is 11.9 Å². The molecular weight excluding hydrogens is 166 g/mol. The van der Waals surface area contributed by atoms with Gasteiger partial charge in [-0.3, -0.25) is 0 Å². The minimum atomic E-state index is 0.257. The SMILES string of the molecule is Nc1nncc(-c2ccc[nH]2)c1N. The zero-order valence-electron chi connectivity index (χ0n) is 6.86. The summed E-state index contributed by atoms with van der Waals surface area (Å²) in [6.45, 7) is 0. The lowest BCUT2D eigenvalue weighted by Gasteiger charge is -2.03. The van der Waals surface area contributed by atoms with Gasteiger partial charge in [0.2, 0.25) is 0 Å². The molecule has 0 aromatic carbocycles. The summed E-state index contributed by atoms with van der Waals surface area (Å²) in [6.07, 6.45) is 3.39. The van der Waals surface area contributed by atoms with E-state index in [1.807, 2.05) is 18.3 Å². The molecule has 0 atom stereocenters. The third-order valence-corrected chi connectivity index (χ3v) is 1.81. The van der Waals surface area contributed by atoms with E-state index < -0.39 is 0 Å². The lowest BCUT2D eigenvalue weighted by atomic mass is 10.2. The fraction of sp³-hybridized carbons (Fsp3) is 0. The van der Waals surface area contributed by atoms with E-state index in [2.05, 4.69) is 15.2 Å². The van der Waals surface area contributed by atoms with Crippen molar-refractivity contribution < 1.29 is 0 Å². The molecule has 0 aliphatic heterocycles. The number of hydrogen-bond acceptors (Lipinski definition) is 4. The Kier molecular flexibility index (Phi) is 1.63. The first-order valence-corrected chi connectivity index (χ1v) is 3.79. The lowest BCUT2D eigenvalue weighted by Crippen LogP contribution is -2.01. The number of anilines is 2. The maximum absolute atomic E-state index is 5.73. The van der Waals surface area contributed by atoms with Gasteiger partial charge in [-0.25, -0.2) is 0 Å². The molecule has 13 heavy (non-hydrogen) atoms. The zero-order chi connectivity index (χ0) is 9.26. The first kappa shape index (κ1) is 7.60. The summed E-state index contributed by atoms with van der Waals surface area (Å²) in [5.41, 5.74) is 13.4. The molecule has 5 nitrogen and oxygen atoms in total. The van der Waals surface area contributed by atoms with Crippen molar-refractivity contribution in [1.29, 1.82) is 0 Å². The molecular formula is C8H9N5. The van der Waals surface area contributed by atoms with Crippen LogP contribution < -0.4 is 11.5 Å². The van der Waals surface area contributed by atoms with Crippen LogP contribution in [0.15, 0.2) is 24.5 Å². The van der Waals surface area contributed by atoms with Crippen LogP contribution in [-0.2, 0) is 0 Å². The molecule has 0 saturated carbocycles. The molecule has 2 aromatic heterocycles. The smallest absolute Gasteiger partial charge is 0.170 e. The maximum Gasteiger partial charge on any atom is 0.170 e. The molecule has 0 aliphatic rings. The molecule has 2 rings (SSSR count). The molecule has 2 heterocycles. The number of H-pyrrole nitrogens is 1. The highest BCUT2D eigenvalue weighted by molar-refractivity contribution is 5.79. The van der Waals surface area contributed by atoms with E-state index in [1.54, 1.807) is 6.20 Å². The van der Waals surface area contributed by atoms with Crippen molar-refractivity contribution in [3.63, 3.8) is 0 Å². The van der Waals surface area contributed by atoms with Gasteiger partial charge in [-0.05, 0) is 12.1 Å². The number of hydrogen-bond donors (Lipinski definition) is 3. The second-order valence-corrected chi connectivity index (χ2v) is 2.64. The second-order valence-electron chi connectivity index (χ2n) is 2.64. The third kappa shape index (κ3) is 1.20. The highest BCUT2D eigenvalue weighted by Crippen LogP contribution is 2.25. The van der Waals surface area contributed by atoms with Crippen molar-refractivity contribution in [1.82, 2.24) is 15.2 Å². The predicted octanol–water partition coefficient (Wildman–Crippen LogP) is 0.636. The average Bonchev–Trinajstić information content (AvgIpc) is 2.62. The van der Waals surface area contributed by atoms with Gasteiger partial charge >= 0.3 is 0 Å². The number of aromatic nitrogens is 3. The van der Waals surface area contributed by atoms with Gasteiger partial charge in [0.1, 0.15) is 0 Å². The van der Waals surface area contributed by atoms with E-state index in [4.69, 9.17) is 11.5 Å². The lowest BCUT2D eigenvalue weighted by molar-refractivity contribution is 1.05. The average molecular weight is 175 g/mol. The van der Waals surface area contributed by atoms with Gasteiger partial charge in [0.25, 0.3) is 0 Å². The minimum absolute atomic E-state index is 0.257. The van der Waals surface area contributed by atoms with E-state index in [1.165, 1.54) is 0 Å². The van der Waals surface area contributed by atoms with Crippen LogP contribution in [0.1, 0.15) is 0 Å². The molecule has 0 unspecified atom stereocenters. The van der Waals surface area contributed by atoms with Crippen LogP contribution in [0.25, 0.3) is 11.3 Å². The van der Waals surface area contributed by atoms with Crippen LogP contribution >= 0.6 is 0 Å². The van der Waals surface area contributed by atoms with E-state index in [0.717, 1.165) is 11.3 Å². The van der Waals surface area contributed by atoms with E-state index in [-0.39, 0.29) is 5.82 Å². The van der Waals surface area contributed by atoms with Crippen molar-refractivity contribution in [2.45, 2.75) is 0 Å². The van der Waals surface area contributed by atoms with Crippen molar-refractivity contribution >= 4 is 11.5 Å². The largest absolute Gasteiger partial charge is 0.395 e. The van der Waals surface area contributed by atoms with Crippen molar-refractivity contribution in [3.05, 3.63) is 24.5 Å². The number of nitrogen functional groups attached to an aromatic ring is 2. The maximum atomic E-state index is 5.73. The summed E-state index contributed by atoms with van der Waals surface area (Å²) in [6, 6.07) is 3.78. The summed E-state index contributed by atoms with van der Waals surface area (Å²) in [7, 11) is 0. The summed E-state index contributed by atoms with van der Waals surface area (Å²) in [5, 5.41) is 7.36. The first-order chi connectivity index (χ1) is 6.29. The van der Waals surface area contributed by atoms with Gasteiger partial charge in [-0.15, -0.1) is 5.10 Å². The second kappa shape index (κ2) is 2.78. The Labute approximate surface area is 74.8 Å². The van der Waals surface area contributed by atoms with Crippen LogP contribution in [0.4, 0.5) is 11.5 Å². The minimum Gasteiger partial charge on any atom is -0.395 e. The van der Waals surface area contributed by atoms with Crippen LogP contribution in [-0.4, -0.2) is 15.2 Å². The number of nitrogens with two attached hydrogens (primary N) is 2. The quantitative estimate of drug-likeness (QED) is 0.592. The Morgan fingerprint density at radius 1 is 1.31 bits per heavy atom. The summed E-state index contributed by atoms with van der Waals surface area (Å²) in [5.74, 6) is 0.257. The molecule has 5 heteroatoms. The van der Waals surface area contributed by atoms with Crippen molar-refractivity contribution in [2.75, 3.05) is 11.5 Å². The summed E-state index contributed by atoms with van der Waals surface area (Å²) < 4.78 is 0. The highest BCUT2D eigenvalue weighted by Gasteiger charge is 2.06. The van der Waals surface area contributed by atoms with E-state index in [0.29, 0.717) is 5.69 Å². The number of rotatable bonds is 1. The van der Waals surface area contributed by atoms with E-state index >= 15 is 0 Å². The molecule has 0 bridgehead atoms.